The molecule has 2 heterocycles. The molecule has 2 aromatic carbocycles. The molecule has 0 fully saturated rings. The lowest BCUT2D eigenvalue weighted by Crippen LogP contribution is -2.23. The number of fused-ring (bicyclic) bond motifs is 2. The van der Waals surface area contributed by atoms with Crippen molar-refractivity contribution in [3.05, 3.63) is 82.1 Å². The number of nitrogens with zero attached hydrogens (tertiary/aromatic N) is 1. The van der Waals surface area contributed by atoms with E-state index in [1.807, 2.05) is 18.2 Å². The predicted octanol–water partition coefficient (Wildman–Crippen LogP) is 3.86. The minimum absolute atomic E-state index is 0.191. The Labute approximate surface area is 194 Å². The van der Waals surface area contributed by atoms with Gasteiger partial charge < -0.3 is 19.2 Å². The van der Waals surface area contributed by atoms with E-state index in [-0.39, 0.29) is 18.5 Å². The van der Waals surface area contributed by atoms with E-state index < -0.39 is 11.7 Å². The van der Waals surface area contributed by atoms with E-state index in [9.17, 15) is 14.0 Å². The van der Waals surface area contributed by atoms with Crippen molar-refractivity contribution < 1.29 is 27.9 Å². The third-order valence-corrected chi connectivity index (χ3v) is 5.82. The maximum atomic E-state index is 13.1. The van der Waals surface area contributed by atoms with Gasteiger partial charge in [-0.05, 0) is 61.7 Å². The minimum atomic E-state index is -0.442. The van der Waals surface area contributed by atoms with Crippen LogP contribution >= 0.6 is 0 Å². The van der Waals surface area contributed by atoms with Crippen LogP contribution in [0.15, 0.2) is 52.0 Å². The molecule has 3 aromatic rings. The van der Waals surface area contributed by atoms with Crippen LogP contribution in [0.3, 0.4) is 0 Å². The first-order valence-corrected chi connectivity index (χ1v) is 10.9. The number of rotatable bonds is 5. The standard InChI is InChI=1S/C25H22FN3O5/c1-14-22-18(28-29-24(30)16-6-8-17(26)9-7-16)3-2-4-20(22)34-23(14)25(31)27-12-15-5-10-19-21(11-15)33-13-32-19/h5-11H,2-4,12-13H2,1H3,(H,27,31)(H,29,30)/b28-18+. The molecule has 8 nitrogen and oxygen atoms in total. The maximum absolute atomic E-state index is 13.1. The monoisotopic (exact) mass is 463 g/mol. The van der Waals surface area contributed by atoms with E-state index in [0.717, 1.165) is 17.5 Å². The molecule has 1 aliphatic carbocycles. The Kier molecular flexibility index (Phi) is 5.75. The van der Waals surface area contributed by atoms with Crippen molar-refractivity contribution in [1.29, 1.82) is 0 Å². The van der Waals surface area contributed by atoms with Gasteiger partial charge in [0.2, 0.25) is 6.79 Å². The van der Waals surface area contributed by atoms with Crippen molar-refractivity contribution in [2.24, 2.45) is 5.10 Å². The predicted molar refractivity (Wildman–Crippen MR) is 121 cm³/mol. The van der Waals surface area contributed by atoms with Crippen molar-refractivity contribution >= 4 is 17.5 Å². The molecule has 9 heteroatoms. The second-order valence-corrected chi connectivity index (χ2v) is 8.08. The first-order chi connectivity index (χ1) is 16.5. The Morgan fingerprint density at radius 1 is 1.03 bits per heavy atom. The third-order valence-electron chi connectivity index (χ3n) is 5.82. The number of aryl methyl sites for hydroxylation is 1. The Morgan fingerprint density at radius 2 is 1.82 bits per heavy atom. The molecule has 0 bridgehead atoms. The van der Waals surface area contributed by atoms with Crippen molar-refractivity contribution in [3.8, 4) is 11.5 Å². The molecule has 0 saturated carbocycles. The fourth-order valence-electron chi connectivity index (χ4n) is 4.09. The first kappa shape index (κ1) is 21.7. The molecule has 5 rings (SSSR count). The number of carbonyl (C=O) groups is 2. The highest BCUT2D eigenvalue weighted by molar-refractivity contribution is 6.07. The summed E-state index contributed by atoms with van der Waals surface area (Å²) in [5.74, 6) is 1.04. The van der Waals surface area contributed by atoms with E-state index in [1.54, 1.807) is 6.92 Å². The van der Waals surface area contributed by atoms with E-state index in [1.165, 1.54) is 24.3 Å². The number of amides is 2. The van der Waals surface area contributed by atoms with Gasteiger partial charge in [-0.25, -0.2) is 9.82 Å². The van der Waals surface area contributed by atoms with Crippen LogP contribution in [-0.4, -0.2) is 24.3 Å². The summed E-state index contributed by atoms with van der Waals surface area (Å²) in [4.78, 5) is 25.2. The number of nitrogens with one attached hydrogen (secondary N) is 2. The molecule has 174 valence electrons. The van der Waals surface area contributed by atoms with E-state index in [0.29, 0.717) is 53.5 Å². The zero-order valence-corrected chi connectivity index (χ0v) is 18.4. The minimum Gasteiger partial charge on any atom is -0.455 e. The molecular formula is C25H22FN3O5. The third kappa shape index (κ3) is 4.24. The van der Waals surface area contributed by atoms with Crippen molar-refractivity contribution in [2.45, 2.75) is 32.7 Å². The van der Waals surface area contributed by atoms with Gasteiger partial charge in [0.05, 0.1) is 5.71 Å². The fraction of sp³-hybridized carbons (Fsp3) is 0.240. The largest absolute Gasteiger partial charge is 0.455 e. The molecule has 2 amide bonds. The van der Waals surface area contributed by atoms with Crippen molar-refractivity contribution in [2.75, 3.05) is 6.79 Å². The lowest BCUT2D eigenvalue weighted by atomic mass is 9.93. The fourth-order valence-corrected chi connectivity index (χ4v) is 4.09. The summed E-state index contributed by atoms with van der Waals surface area (Å²) in [5.41, 5.74) is 5.77. The van der Waals surface area contributed by atoms with Crippen LogP contribution in [0.1, 0.15) is 56.2 Å². The molecule has 0 spiro atoms. The van der Waals surface area contributed by atoms with Gasteiger partial charge in [0.1, 0.15) is 11.6 Å². The van der Waals surface area contributed by atoms with Crippen LogP contribution in [0.4, 0.5) is 4.39 Å². The number of hydrogen-bond acceptors (Lipinski definition) is 6. The normalized spacial score (nSPS) is 15.2. The topological polar surface area (TPSA) is 102 Å². The van der Waals surface area contributed by atoms with Gasteiger partial charge in [-0.3, -0.25) is 9.59 Å². The van der Waals surface area contributed by atoms with E-state index >= 15 is 0 Å². The zero-order chi connectivity index (χ0) is 23.7. The summed E-state index contributed by atoms with van der Waals surface area (Å²) in [6.07, 6.45) is 2.09. The lowest BCUT2D eigenvalue weighted by Gasteiger charge is -2.13. The van der Waals surface area contributed by atoms with Gasteiger partial charge in [0.15, 0.2) is 17.3 Å². The number of furan rings is 1. The number of hydrazone groups is 1. The summed E-state index contributed by atoms with van der Waals surface area (Å²) in [7, 11) is 0. The van der Waals surface area contributed by atoms with Crippen molar-refractivity contribution in [1.82, 2.24) is 10.7 Å². The average Bonchev–Trinajstić information content (AvgIpc) is 3.45. The quantitative estimate of drug-likeness (QED) is 0.560. The Morgan fingerprint density at radius 3 is 2.65 bits per heavy atom. The zero-order valence-electron chi connectivity index (χ0n) is 18.4. The Balaban J connectivity index is 1.30. The van der Waals surface area contributed by atoms with Gasteiger partial charge in [-0.2, -0.15) is 5.10 Å². The highest BCUT2D eigenvalue weighted by Gasteiger charge is 2.28. The van der Waals surface area contributed by atoms with Crippen LogP contribution in [0, 0.1) is 12.7 Å². The van der Waals surface area contributed by atoms with Crippen molar-refractivity contribution in [3.63, 3.8) is 0 Å². The number of carbonyl (C=O) groups excluding carboxylic acids is 2. The van der Waals surface area contributed by atoms with Gasteiger partial charge in [0, 0.05) is 29.7 Å². The van der Waals surface area contributed by atoms with Gasteiger partial charge >= 0.3 is 0 Å². The summed E-state index contributed by atoms with van der Waals surface area (Å²) in [6, 6.07) is 10.7. The highest BCUT2D eigenvalue weighted by atomic mass is 19.1. The SMILES string of the molecule is Cc1c(C(=O)NCc2ccc3c(c2)OCO3)oc2c1/C(=N/NC(=O)c1ccc(F)cc1)CCC2. The number of halogens is 1. The van der Waals surface area contributed by atoms with Crippen LogP contribution < -0.4 is 20.2 Å². The van der Waals surface area contributed by atoms with Crippen LogP contribution in [0.2, 0.25) is 0 Å². The molecule has 2 N–H and O–H groups in total. The number of ether oxygens (including phenoxy) is 2. The number of benzene rings is 2. The summed E-state index contributed by atoms with van der Waals surface area (Å²) >= 11 is 0. The number of hydrogen-bond donors (Lipinski definition) is 2. The second-order valence-electron chi connectivity index (χ2n) is 8.08. The maximum Gasteiger partial charge on any atom is 0.287 e. The van der Waals surface area contributed by atoms with Crippen LogP contribution in [0.25, 0.3) is 0 Å². The average molecular weight is 463 g/mol. The van der Waals surface area contributed by atoms with E-state index in [2.05, 4.69) is 15.8 Å². The molecule has 0 saturated heterocycles. The van der Waals surface area contributed by atoms with E-state index in [4.69, 9.17) is 13.9 Å². The summed E-state index contributed by atoms with van der Waals surface area (Å²) < 4.78 is 29.7. The lowest BCUT2D eigenvalue weighted by molar-refractivity contribution is 0.0919. The molecular weight excluding hydrogens is 441 g/mol. The molecule has 0 atom stereocenters. The smallest absolute Gasteiger partial charge is 0.287 e. The summed E-state index contributed by atoms with van der Waals surface area (Å²) in [6.45, 7) is 2.30. The van der Waals surface area contributed by atoms with Gasteiger partial charge in [-0.15, -0.1) is 0 Å². The molecule has 0 radical (unpaired) electrons. The highest BCUT2D eigenvalue weighted by Crippen LogP contribution is 2.33. The van der Waals surface area contributed by atoms with Crippen LogP contribution in [0.5, 0.6) is 11.5 Å². The molecule has 0 unspecified atom stereocenters. The Hall–Kier alpha value is -4.14. The molecule has 34 heavy (non-hydrogen) atoms. The molecule has 1 aromatic heterocycles. The second kappa shape index (κ2) is 9.01. The Bertz CT molecular complexity index is 1300. The van der Waals surface area contributed by atoms with Crippen LogP contribution in [-0.2, 0) is 13.0 Å². The van der Waals surface area contributed by atoms with Gasteiger partial charge in [0.25, 0.3) is 11.8 Å². The molecule has 2 aliphatic rings. The molecule has 1 aliphatic heterocycles. The van der Waals surface area contributed by atoms with Gasteiger partial charge in [-0.1, -0.05) is 6.07 Å². The first-order valence-electron chi connectivity index (χ1n) is 10.9. The summed E-state index contributed by atoms with van der Waals surface area (Å²) in [5, 5.41) is 7.17.